The highest BCUT2D eigenvalue weighted by Gasteiger charge is 2.36. The van der Waals surface area contributed by atoms with Crippen LogP contribution in [0.15, 0.2) is 65.1 Å². The van der Waals surface area contributed by atoms with Crippen LogP contribution in [0.25, 0.3) is 17.3 Å². The Morgan fingerprint density at radius 2 is 1.82 bits per heavy atom. The molecule has 4 rings (SSSR count). The zero-order chi connectivity index (χ0) is 24.3. The van der Waals surface area contributed by atoms with Gasteiger partial charge >= 0.3 is 6.18 Å². The van der Waals surface area contributed by atoms with Gasteiger partial charge in [0.1, 0.15) is 5.69 Å². The first kappa shape index (κ1) is 23.2. The Hall–Kier alpha value is -3.99. The van der Waals surface area contributed by atoms with Crippen LogP contribution in [0, 0.1) is 0 Å². The number of carbonyl (C=O) groups excluding carboxylic acids is 1. The number of halogens is 3. The Morgan fingerprint density at radius 3 is 2.53 bits per heavy atom. The molecule has 1 atom stereocenters. The van der Waals surface area contributed by atoms with E-state index in [1.54, 1.807) is 31.2 Å². The Bertz CT molecular complexity index is 1280. The Labute approximate surface area is 192 Å². The maximum Gasteiger partial charge on any atom is 0.435 e. The van der Waals surface area contributed by atoms with Crippen molar-refractivity contribution in [2.24, 2.45) is 5.73 Å². The summed E-state index contributed by atoms with van der Waals surface area (Å²) in [6, 6.07) is 16.1. The number of hydrogen-bond acceptors (Lipinski definition) is 6. The number of nitrogens with one attached hydrogen (secondary N) is 1. The number of aromatic nitrogens is 4. The van der Waals surface area contributed by atoms with Gasteiger partial charge in [-0.3, -0.25) is 4.79 Å². The molecule has 0 aliphatic rings. The number of nitrogens with zero attached hydrogens (tertiary/aromatic N) is 4. The Morgan fingerprint density at radius 1 is 1.09 bits per heavy atom. The molecule has 0 saturated carbocycles. The van der Waals surface area contributed by atoms with Gasteiger partial charge in [0.15, 0.2) is 5.69 Å². The summed E-state index contributed by atoms with van der Waals surface area (Å²) >= 11 is 0. The zero-order valence-electron chi connectivity index (χ0n) is 18.1. The van der Waals surface area contributed by atoms with Gasteiger partial charge in [-0.25, -0.2) is 4.68 Å². The Kier molecular flexibility index (Phi) is 6.46. The molecule has 8 nitrogen and oxygen atoms in total. The SMILES string of the molecule is C[C@H](N)C(=O)NCc1cccc(-n2nc(C(F)(F)F)cc2-c2nnc(Cc3ccccc3)o2)c1. The molecule has 0 aliphatic carbocycles. The third-order valence-corrected chi connectivity index (χ3v) is 4.92. The van der Waals surface area contributed by atoms with E-state index < -0.39 is 17.9 Å². The standard InChI is InChI=1S/C23H21F3N6O2/c1-14(27)21(33)28-13-16-8-5-9-17(10-16)32-18(12-19(31-32)23(24,25)26)22-30-29-20(34-22)11-15-6-3-2-4-7-15/h2-10,12,14H,11,13,27H2,1H3,(H,28,33)/t14-/m0/s1. The quantitative estimate of drug-likeness (QED) is 0.428. The van der Waals surface area contributed by atoms with Gasteiger partial charge in [0.25, 0.3) is 5.89 Å². The third-order valence-electron chi connectivity index (χ3n) is 4.92. The summed E-state index contributed by atoms with van der Waals surface area (Å²) in [6.45, 7) is 1.70. The van der Waals surface area contributed by atoms with Crippen molar-refractivity contribution < 1.29 is 22.4 Å². The fourth-order valence-electron chi connectivity index (χ4n) is 3.22. The lowest BCUT2D eigenvalue weighted by Gasteiger charge is -2.10. The summed E-state index contributed by atoms with van der Waals surface area (Å²) < 4.78 is 47.2. The molecule has 0 unspecified atom stereocenters. The molecule has 0 aliphatic heterocycles. The molecule has 0 bridgehead atoms. The summed E-state index contributed by atoms with van der Waals surface area (Å²) in [7, 11) is 0. The zero-order valence-corrected chi connectivity index (χ0v) is 18.1. The number of rotatable bonds is 7. The van der Waals surface area contributed by atoms with Gasteiger partial charge in [0.05, 0.1) is 18.2 Å². The highest BCUT2D eigenvalue weighted by molar-refractivity contribution is 5.80. The third kappa shape index (κ3) is 5.31. The van der Waals surface area contributed by atoms with Gasteiger partial charge in [-0.1, -0.05) is 42.5 Å². The van der Waals surface area contributed by atoms with Crippen LogP contribution in [0.1, 0.15) is 29.6 Å². The predicted molar refractivity (Wildman–Crippen MR) is 117 cm³/mol. The van der Waals surface area contributed by atoms with E-state index in [1.165, 1.54) is 0 Å². The van der Waals surface area contributed by atoms with Crippen molar-refractivity contribution in [2.75, 3.05) is 0 Å². The van der Waals surface area contributed by atoms with Crippen LogP contribution in [0.3, 0.4) is 0 Å². The highest BCUT2D eigenvalue weighted by Crippen LogP contribution is 2.33. The van der Waals surface area contributed by atoms with Gasteiger partial charge in [-0.2, -0.15) is 18.3 Å². The molecular formula is C23H21F3N6O2. The average Bonchev–Trinajstić information content (AvgIpc) is 3.45. The summed E-state index contributed by atoms with van der Waals surface area (Å²) in [4.78, 5) is 11.8. The summed E-state index contributed by atoms with van der Waals surface area (Å²) in [6.07, 6.45) is -4.33. The van der Waals surface area contributed by atoms with Crippen molar-refractivity contribution in [3.05, 3.63) is 83.4 Å². The topological polar surface area (TPSA) is 112 Å². The van der Waals surface area contributed by atoms with Gasteiger partial charge in [-0.15, -0.1) is 10.2 Å². The second-order valence-corrected chi connectivity index (χ2v) is 7.66. The van der Waals surface area contributed by atoms with Crippen LogP contribution in [0.5, 0.6) is 0 Å². The lowest BCUT2D eigenvalue weighted by Crippen LogP contribution is -2.37. The molecule has 11 heteroatoms. The number of hydrogen-bond donors (Lipinski definition) is 2. The van der Waals surface area contributed by atoms with Crippen LogP contribution in [0.2, 0.25) is 0 Å². The van der Waals surface area contributed by atoms with Crippen LogP contribution in [-0.2, 0) is 23.9 Å². The molecule has 0 radical (unpaired) electrons. The molecule has 0 saturated heterocycles. The Balaban J connectivity index is 1.67. The number of carbonyl (C=O) groups is 1. The van der Waals surface area contributed by atoms with Gasteiger partial charge in [0, 0.05) is 12.6 Å². The van der Waals surface area contributed by atoms with E-state index in [-0.39, 0.29) is 29.9 Å². The fourth-order valence-corrected chi connectivity index (χ4v) is 3.22. The minimum atomic E-state index is -4.67. The van der Waals surface area contributed by atoms with Crippen molar-refractivity contribution in [1.29, 1.82) is 0 Å². The molecule has 176 valence electrons. The summed E-state index contributed by atoms with van der Waals surface area (Å²) in [5.74, 6) is -0.180. The number of benzene rings is 2. The first-order valence-electron chi connectivity index (χ1n) is 10.4. The molecule has 3 N–H and O–H groups in total. The van der Waals surface area contributed by atoms with E-state index in [9.17, 15) is 18.0 Å². The minimum absolute atomic E-state index is 0.00379. The van der Waals surface area contributed by atoms with E-state index in [0.29, 0.717) is 17.7 Å². The molecule has 0 spiro atoms. The first-order chi connectivity index (χ1) is 16.2. The number of alkyl halides is 3. The minimum Gasteiger partial charge on any atom is -0.419 e. The summed E-state index contributed by atoms with van der Waals surface area (Å²) in [5, 5.41) is 14.3. The van der Waals surface area contributed by atoms with Gasteiger partial charge in [-0.05, 0) is 30.2 Å². The van der Waals surface area contributed by atoms with E-state index in [1.807, 2.05) is 30.3 Å². The van der Waals surface area contributed by atoms with E-state index >= 15 is 0 Å². The molecule has 34 heavy (non-hydrogen) atoms. The fraction of sp³-hybridized carbons (Fsp3) is 0.217. The smallest absolute Gasteiger partial charge is 0.419 e. The lowest BCUT2D eigenvalue weighted by atomic mass is 10.2. The van der Waals surface area contributed by atoms with Gasteiger partial charge in [0.2, 0.25) is 11.8 Å². The van der Waals surface area contributed by atoms with E-state index in [2.05, 4.69) is 20.6 Å². The van der Waals surface area contributed by atoms with Crippen LogP contribution >= 0.6 is 0 Å². The molecule has 0 fully saturated rings. The van der Waals surface area contributed by atoms with Crippen molar-refractivity contribution >= 4 is 5.91 Å². The van der Waals surface area contributed by atoms with Crippen molar-refractivity contribution in [2.45, 2.75) is 32.1 Å². The number of nitrogens with two attached hydrogens (primary N) is 1. The molecule has 2 aromatic carbocycles. The molecule has 2 aromatic heterocycles. The predicted octanol–water partition coefficient (Wildman–Crippen LogP) is 3.50. The second kappa shape index (κ2) is 9.48. The molecule has 4 aromatic rings. The molecule has 1 amide bonds. The van der Waals surface area contributed by atoms with E-state index in [0.717, 1.165) is 16.3 Å². The van der Waals surface area contributed by atoms with Crippen molar-refractivity contribution in [3.8, 4) is 17.3 Å². The molecule has 2 heterocycles. The van der Waals surface area contributed by atoms with E-state index in [4.69, 9.17) is 10.2 Å². The van der Waals surface area contributed by atoms with Crippen LogP contribution in [0.4, 0.5) is 13.2 Å². The van der Waals surface area contributed by atoms with Crippen LogP contribution < -0.4 is 11.1 Å². The largest absolute Gasteiger partial charge is 0.435 e. The van der Waals surface area contributed by atoms with Gasteiger partial charge < -0.3 is 15.5 Å². The maximum absolute atomic E-state index is 13.5. The van der Waals surface area contributed by atoms with Crippen molar-refractivity contribution in [3.63, 3.8) is 0 Å². The normalized spacial score (nSPS) is 12.5. The monoisotopic (exact) mass is 470 g/mol. The number of amides is 1. The molecular weight excluding hydrogens is 449 g/mol. The average molecular weight is 470 g/mol. The van der Waals surface area contributed by atoms with Crippen LogP contribution in [-0.4, -0.2) is 31.9 Å². The lowest BCUT2D eigenvalue weighted by molar-refractivity contribution is -0.141. The van der Waals surface area contributed by atoms with Crippen molar-refractivity contribution in [1.82, 2.24) is 25.3 Å². The maximum atomic E-state index is 13.5. The summed E-state index contributed by atoms with van der Waals surface area (Å²) in [5.41, 5.74) is 6.35. The highest BCUT2D eigenvalue weighted by atomic mass is 19.4. The first-order valence-corrected chi connectivity index (χ1v) is 10.4. The second-order valence-electron chi connectivity index (χ2n) is 7.66.